The summed E-state index contributed by atoms with van der Waals surface area (Å²) in [5, 5.41) is 3.42. The van der Waals surface area contributed by atoms with Gasteiger partial charge in [-0.05, 0) is 18.8 Å². The van der Waals surface area contributed by atoms with E-state index in [2.05, 4.69) is 26.2 Å². The van der Waals surface area contributed by atoms with Gasteiger partial charge in [0.25, 0.3) is 0 Å². The van der Waals surface area contributed by atoms with E-state index in [1.165, 1.54) is 10.7 Å². The first kappa shape index (κ1) is 16.4. The van der Waals surface area contributed by atoms with Crippen LogP contribution >= 0.6 is 11.3 Å². The number of carbonyl (C=O) groups is 1. The van der Waals surface area contributed by atoms with Gasteiger partial charge in [-0.25, -0.2) is 4.98 Å². The zero-order valence-electron chi connectivity index (χ0n) is 13.5. The minimum atomic E-state index is 0.111. The number of aromatic nitrogens is 1. The average molecular weight is 310 g/mol. The molecule has 5 heteroatoms. The van der Waals surface area contributed by atoms with Crippen LogP contribution in [-0.4, -0.2) is 42.6 Å². The van der Waals surface area contributed by atoms with Crippen molar-refractivity contribution in [3.05, 3.63) is 16.1 Å². The van der Waals surface area contributed by atoms with Crippen LogP contribution in [0.3, 0.4) is 0 Å². The predicted octanol–water partition coefficient (Wildman–Crippen LogP) is 2.87. The molecule has 1 aliphatic heterocycles. The van der Waals surface area contributed by atoms with Gasteiger partial charge in [0.1, 0.15) is 6.61 Å². The van der Waals surface area contributed by atoms with Crippen LogP contribution in [0.25, 0.3) is 0 Å². The first-order valence-corrected chi connectivity index (χ1v) is 8.49. The quantitative estimate of drug-likeness (QED) is 0.859. The summed E-state index contributed by atoms with van der Waals surface area (Å²) >= 11 is 1.77. The minimum absolute atomic E-state index is 0.111. The molecule has 0 radical (unpaired) electrons. The number of ether oxygens (including phenoxy) is 1. The van der Waals surface area contributed by atoms with Crippen molar-refractivity contribution in [3.8, 4) is 0 Å². The molecule has 0 atom stereocenters. The van der Waals surface area contributed by atoms with E-state index in [1.54, 1.807) is 18.4 Å². The third kappa shape index (κ3) is 4.51. The summed E-state index contributed by atoms with van der Waals surface area (Å²) in [4.78, 5) is 18.5. The Hall–Kier alpha value is -0.940. The van der Waals surface area contributed by atoms with Gasteiger partial charge >= 0.3 is 0 Å². The number of hydrogen-bond acceptors (Lipinski definition) is 4. The minimum Gasteiger partial charge on any atom is -0.375 e. The molecule has 2 rings (SSSR count). The first-order valence-electron chi connectivity index (χ1n) is 7.61. The number of methoxy groups -OCH3 is 1. The number of thiazole rings is 1. The summed E-state index contributed by atoms with van der Waals surface area (Å²) in [5.74, 6) is 0.760. The van der Waals surface area contributed by atoms with E-state index in [0.29, 0.717) is 5.92 Å². The molecule has 0 unspecified atom stereocenters. The van der Waals surface area contributed by atoms with Gasteiger partial charge in [-0.3, -0.25) is 4.79 Å². The lowest BCUT2D eigenvalue weighted by Crippen LogP contribution is -2.40. The topological polar surface area (TPSA) is 42.4 Å². The lowest BCUT2D eigenvalue weighted by Gasteiger charge is -2.31. The van der Waals surface area contributed by atoms with Gasteiger partial charge in [0.05, 0.1) is 10.7 Å². The summed E-state index contributed by atoms with van der Waals surface area (Å²) in [7, 11) is 1.57. The van der Waals surface area contributed by atoms with Gasteiger partial charge in [0.2, 0.25) is 5.91 Å². The summed E-state index contributed by atoms with van der Waals surface area (Å²) in [6, 6.07) is 0. The molecule has 0 saturated carbocycles. The molecular weight excluding hydrogens is 284 g/mol. The Morgan fingerprint density at radius 1 is 1.43 bits per heavy atom. The number of nitrogens with zero attached hydrogens (tertiary/aromatic N) is 2. The first-order chi connectivity index (χ1) is 9.90. The van der Waals surface area contributed by atoms with Gasteiger partial charge in [-0.1, -0.05) is 20.8 Å². The summed E-state index contributed by atoms with van der Waals surface area (Å²) < 4.78 is 4.91. The highest BCUT2D eigenvalue weighted by molar-refractivity contribution is 7.09. The second-order valence-corrected chi connectivity index (χ2v) is 7.78. The van der Waals surface area contributed by atoms with E-state index >= 15 is 0 Å². The SMILES string of the molecule is COCC(=O)N1CCC(Cc2nc(C(C)(C)C)cs2)CC1. The molecular formula is C16H26N2O2S. The van der Waals surface area contributed by atoms with Crippen molar-refractivity contribution in [2.24, 2.45) is 5.92 Å². The standard InChI is InChI=1S/C16H26N2O2S/c1-16(2,3)13-11-21-14(17-13)9-12-5-7-18(8-6-12)15(19)10-20-4/h11-12H,5-10H2,1-4H3. The van der Waals surface area contributed by atoms with Crippen LogP contribution in [0.5, 0.6) is 0 Å². The molecule has 0 spiro atoms. The van der Waals surface area contributed by atoms with Crippen LogP contribution in [-0.2, 0) is 21.4 Å². The maximum atomic E-state index is 11.8. The summed E-state index contributed by atoms with van der Waals surface area (Å²) in [6.45, 7) is 8.50. The van der Waals surface area contributed by atoms with E-state index in [1.807, 2.05) is 4.90 Å². The Labute approximate surface area is 131 Å². The van der Waals surface area contributed by atoms with E-state index in [-0.39, 0.29) is 17.9 Å². The fourth-order valence-corrected chi connectivity index (χ4v) is 3.73. The Balaban J connectivity index is 1.83. The number of hydrogen-bond donors (Lipinski definition) is 0. The zero-order valence-corrected chi connectivity index (χ0v) is 14.3. The smallest absolute Gasteiger partial charge is 0.248 e. The highest BCUT2D eigenvalue weighted by Crippen LogP contribution is 2.27. The molecule has 1 aromatic rings. The molecule has 1 aromatic heterocycles. The maximum absolute atomic E-state index is 11.8. The maximum Gasteiger partial charge on any atom is 0.248 e. The van der Waals surface area contributed by atoms with E-state index in [9.17, 15) is 4.79 Å². The molecule has 4 nitrogen and oxygen atoms in total. The van der Waals surface area contributed by atoms with Gasteiger partial charge < -0.3 is 9.64 Å². The Morgan fingerprint density at radius 2 is 2.10 bits per heavy atom. The zero-order chi connectivity index (χ0) is 15.5. The lowest BCUT2D eigenvalue weighted by molar-refractivity contribution is -0.136. The third-order valence-electron chi connectivity index (χ3n) is 4.02. The van der Waals surface area contributed by atoms with Crippen LogP contribution in [0.15, 0.2) is 5.38 Å². The van der Waals surface area contributed by atoms with Crippen molar-refractivity contribution < 1.29 is 9.53 Å². The van der Waals surface area contributed by atoms with Crippen molar-refractivity contribution >= 4 is 17.2 Å². The Kier molecular flexibility index (Phi) is 5.38. The van der Waals surface area contributed by atoms with Crippen molar-refractivity contribution in [3.63, 3.8) is 0 Å². The number of carbonyl (C=O) groups excluding carboxylic acids is 1. The third-order valence-corrected chi connectivity index (χ3v) is 4.89. The number of piperidine rings is 1. The Morgan fingerprint density at radius 3 is 2.62 bits per heavy atom. The molecule has 1 saturated heterocycles. The number of amides is 1. The van der Waals surface area contributed by atoms with Gasteiger partial charge in [-0.15, -0.1) is 11.3 Å². The monoisotopic (exact) mass is 310 g/mol. The predicted molar refractivity (Wildman–Crippen MR) is 85.7 cm³/mol. The number of likely N-dealkylation sites (tertiary alicyclic amines) is 1. The van der Waals surface area contributed by atoms with Crippen molar-refractivity contribution in [2.75, 3.05) is 26.8 Å². The van der Waals surface area contributed by atoms with Gasteiger partial charge in [-0.2, -0.15) is 0 Å². The van der Waals surface area contributed by atoms with E-state index < -0.39 is 0 Å². The van der Waals surface area contributed by atoms with Gasteiger partial charge in [0.15, 0.2) is 0 Å². The molecule has 1 amide bonds. The summed E-state index contributed by atoms with van der Waals surface area (Å²) in [6.07, 6.45) is 3.19. The van der Waals surface area contributed by atoms with Crippen LogP contribution in [0.4, 0.5) is 0 Å². The highest BCUT2D eigenvalue weighted by atomic mass is 32.1. The molecule has 0 aromatic carbocycles. The second-order valence-electron chi connectivity index (χ2n) is 6.84. The van der Waals surface area contributed by atoms with Crippen LogP contribution < -0.4 is 0 Å². The Bertz CT molecular complexity index is 471. The van der Waals surface area contributed by atoms with E-state index in [4.69, 9.17) is 9.72 Å². The second kappa shape index (κ2) is 6.88. The molecule has 2 heterocycles. The van der Waals surface area contributed by atoms with E-state index in [0.717, 1.165) is 32.4 Å². The van der Waals surface area contributed by atoms with Crippen LogP contribution in [0.2, 0.25) is 0 Å². The average Bonchev–Trinajstić information content (AvgIpc) is 2.88. The molecule has 21 heavy (non-hydrogen) atoms. The van der Waals surface area contributed by atoms with Crippen molar-refractivity contribution in [2.45, 2.75) is 45.4 Å². The molecule has 118 valence electrons. The lowest BCUT2D eigenvalue weighted by atomic mass is 9.92. The normalized spacial score (nSPS) is 17.2. The fraction of sp³-hybridized carbons (Fsp3) is 0.750. The summed E-state index contributed by atoms with van der Waals surface area (Å²) in [5.41, 5.74) is 1.32. The molecule has 0 bridgehead atoms. The number of rotatable bonds is 4. The van der Waals surface area contributed by atoms with Crippen LogP contribution in [0, 0.1) is 5.92 Å². The molecule has 0 N–H and O–H groups in total. The molecule has 0 aliphatic carbocycles. The van der Waals surface area contributed by atoms with Crippen molar-refractivity contribution in [1.29, 1.82) is 0 Å². The van der Waals surface area contributed by atoms with Crippen molar-refractivity contribution in [1.82, 2.24) is 9.88 Å². The van der Waals surface area contributed by atoms with Crippen LogP contribution in [0.1, 0.15) is 44.3 Å². The molecule has 1 aliphatic rings. The highest BCUT2D eigenvalue weighted by Gasteiger charge is 2.24. The molecule has 1 fully saturated rings. The fourth-order valence-electron chi connectivity index (χ4n) is 2.60. The largest absolute Gasteiger partial charge is 0.375 e. The van der Waals surface area contributed by atoms with Gasteiger partial charge in [0, 0.05) is 37.4 Å².